The number of hydrogen-bond donors (Lipinski definition) is 0. The van der Waals surface area contributed by atoms with Gasteiger partial charge in [-0.05, 0) is 18.1 Å². The third kappa shape index (κ3) is 1.70. The summed E-state index contributed by atoms with van der Waals surface area (Å²) in [6.07, 6.45) is 3.55. The molecule has 0 N–H and O–H groups in total. The van der Waals surface area contributed by atoms with Gasteiger partial charge in [0.15, 0.2) is 0 Å². The summed E-state index contributed by atoms with van der Waals surface area (Å²) in [6, 6.07) is 15.0. The molecule has 2 heterocycles. The fraction of sp³-hybridized carbons (Fsp3) is 0.278. The van der Waals surface area contributed by atoms with Gasteiger partial charge in [0, 0.05) is 18.4 Å². The fourth-order valence-corrected chi connectivity index (χ4v) is 3.21. The Morgan fingerprint density at radius 2 is 1.81 bits per heavy atom. The van der Waals surface area contributed by atoms with Crippen molar-refractivity contribution >= 4 is 22.4 Å². The lowest BCUT2D eigenvalue weighted by Crippen LogP contribution is -2.36. The smallest absolute Gasteiger partial charge is 0.244 e. The van der Waals surface area contributed by atoms with Crippen molar-refractivity contribution in [3.8, 4) is 5.69 Å². The van der Waals surface area contributed by atoms with Crippen molar-refractivity contribution in [1.29, 1.82) is 0 Å². The predicted octanol–water partition coefficient (Wildman–Crippen LogP) is 3.46. The maximum absolute atomic E-state index is 3.55. The van der Waals surface area contributed by atoms with Gasteiger partial charge in [-0.25, -0.2) is 0 Å². The Balaban J connectivity index is 2.08. The summed E-state index contributed by atoms with van der Waals surface area (Å²) < 4.78 is 4.46. The summed E-state index contributed by atoms with van der Waals surface area (Å²) in [5.41, 5.74) is 6.17. The molecule has 0 aliphatic carbocycles. The Morgan fingerprint density at radius 1 is 1.05 bits per heavy atom. The summed E-state index contributed by atoms with van der Waals surface area (Å²) in [4.78, 5) is 2.27. The molecule has 106 valence electrons. The van der Waals surface area contributed by atoms with Crippen LogP contribution >= 0.6 is 0 Å². The highest BCUT2D eigenvalue weighted by atomic mass is 15.2. The minimum absolute atomic E-state index is 0.600. The molecule has 0 atom stereocenters. The van der Waals surface area contributed by atoms with E-state index in [-0.39, 0.29) is 0 Å². The first-order valence-corrected chi connectivity index (χ1v) is 7.46. The largest absolute Gasteiger partial charge is 0.354 e. The van der Waals surface area contributed by atoms with Crippen LogP contribution in [0, 0.1) is 12.2 Å². The molecule has 1 aromatic heterocycles. The van der Waals surface area contributed by atoms with Crippen molar-refractivity contribution in [2.75, 3.05) is 11.9 Å². The second kappa shape index (κ2) is 4.35. The van der Waals surface area contributed by atoms with Crippen LogP contribution < -0.4 is 9.47 Å². The van der Waals surface area contributed by atoms with E-state index < -0.39 is 0 Å². The Labute approximate surface area is 125 Å². The Bertz CT molecular complexity index is 830. The van der Waals surface area contributed by atoms with E-state index in [0.717, 1.165) is 6.54 Å². The van der Waals surface area contributed by atoms with Gasteiger partial charge in [-0.3, -0.25) is 0 Å². The molecule has 4 rings (SSSR count). The summed E-state index contributed by atoms with van der Waals surface area (Å²) >= 11 is 0. The molecule has 2 aromatic carbocycles. The highest BCUT2D eigenvalue weighted by molar-refractivity contribution is 5.92. The van der Waals surface area contributed by atoms with Gasteiger partial charge in [-0.15, -0.1) is 0 Å². The standard InChI is InChI=1S/C18H19N3/c1-13(2)11-20-12-21-15-8-5-4-7-14(15)19(3)16-9-6-10-17(20)18(16)21/h4-10,13H,11H2,1-3H3. The lowest BCUT2D eigenvalue weighted by Gasteiger charge is -2.30. The van der Waals surface area contributed by atoms with E-state index in [1.54, 1.807) is 0 Å². The lowest BCUT2D eigenvalue weighted by molar-refractivity contribution is -0.572. The monoisotopic (exact) mass is 277 g/mol. The Kier molecular flexibility index (Phi) is 2.58. The zero-order chi connectivity index (χ0) is 14.6. The number of aromatic nitrogens is 2. The Morgan fingerprint density at radius 3 is 2.62 bits per heavy atom. The van der Waals surface area contributed by atoms with Gasteiger partial charge in [0.05, 0.1) is 23.3 Å². The van der Waals surface area contributed by atoms with Gasteiger partial charge in [-0.1, -0.05) is 44.2 Å². The van der Waals surface area contributed by atoms with Crippen LogP contribution in [0.3, 0.4) is 0 Å². The van der Waals surface area contributed by atoms with E-state index in [2.05, 4.69) is 83.7 Å². The summed E-state index contributed by atoms with van der Waals surface area (Å²) in [5.74, 6) is 0.600. The van der Waals surface area contributed by atoms with Gasteiger partial charge in [-0.2, -0.15) is 0 Å². The van der Waals surface area contributed by atoms with Gasteiger partial charge >= 0.3 is 0 Å². The zero-order valence-corrected chi connectivity index (χ0v) is 12.7. The third-order valence-electron chi connectivity index (χ3n) is 4.12. The van der Waals surface area contributed by atoms with Gasteiger partial charge < -0.3 is 14.0 Å². The first-order valence-electron chi connectivity index (χ1n) is 7.46. The van der Waals surface area contributed by atoms with Crippen LogP contribution in [-0.4, -0.2) is 11.6 Å². The second-order valence-electron chi connectivity index (χ2n) is 6.13. The first kappa shape index (κ1) is 12.5. The van der Waals surface area contributed by atoms with E-state index >= 15 is 0 Å². The van der Waals surface area contributed by atoms with Crippen LogP contribution in [0.2, 0.25) is 0 Å². The number of nitrogens with zero attached hydrogens (tertiary/aromatic N) is 3. The van der Waals surface area contributed by atoms with Gasteiger partial charge in [0.1, 0.15) is 0 Å². The second-order valence-corrected chi connectivity index (χ2v) is 6.13. The molecule has 21 heavy (non-hydrogen) atoms. The van der Waals surface area contributed by atoms with E-state index in [9.17, 15) is 0 Å². The summed E-state index contributed by atoms with van der Waals surface area (Å²) in [5, 5.41) is 0. The average Bonchev–Trinajstić information content (AvgIpc) is 2.84. The molecule has 0 bridgehead atoms. The van der Waals surface area contributed by atoms with E-state index in [1.807, 2.05) is 0 Å². The molecule has 0 saturated carbocycles. The van der Waals surface area contributed by atoms with Crippen molar-refractivity contribution in [2.45, 2.75) is 20.4 Å². The number of para-hydroxylation sites is 3. The van der Waals surface area contributed by atoms with Crippen molar-refractivity contribution < 1.29 is 4.57 Å². The number of benzene rings is 2. The third-order valence-corrected chi connectivity index (χ3v) is 4.12. The van der Waals surface area contributed by atoms with Crippen LogP contribution in [0.1, 0.15) is 13.8 Å². The van der Waals surface area contributed by atoms with Crippen LogP contribution in [-0.2, 0) is 6.54 Å². The minimum Gasteiger partial charge on any atom is -0.354 e. The number of imidazole rings is 1. The maximum atomic E-state index is 3.55. The van der Waals surface area contributed by atoms with Crippen molar-refractivity contribution in [1.82, 2.24) is 4.57 Å². The molecule has 3 nitrogen and oxygen atoms in total. The molecular formula is C18H19N3. The SMILES string of the molecule is CC(C)Cn1[c-][n+]2c3c(cccc31)N(C)c1ccccc1-2. The molecule has 3 heteroatoms. The molecular weight excluding hydrogens is 258 g/mol. The number of rotatable bonds is 2. The van der Waals surface area contributed by atoms with E-state index in [0.29, 0.717) is 5.92 Å². The predicted molar refractivity (Wildman–Crippen MR) is 85.2 cm³/mol. The van der Waals surface area contributed by atoms with E-state index in [4.69, 9.17) is 0 Å². The minimum atomic E-state index is 0.600. The van der Waals surface area contributed by atoms with Crippen molar-refractivity contribution in [2.24, 2.45) is 5.92 Å². The average molecular weight is 277 g/mol. The summed E-state index contributed by atoms with van der Waals surface area (Å²) in [6.45, 7) is 5.47. The molecule has 0 radical (unpaired) electrons. The van der Waals surface area contributed by atoms with Crippen LogP contribution in [0.4, 0.5) is 11.4 Å². The number of fused-ring (bicyclic) bond motifs is 2. The molecule has 1 aliphatic rings. The maximum Gasteiger partial charge on any atom is 0.244 e. The highest BCUT2D eigenvalue weighted by Gasteiger charge is 2.23. The Hall–Kier alpha value is -2.29. The first-order chi connectivity index (χ1) is 10.2. The fourth-order valence-electron chi connectivity index (χ4n) is 3.21. The number of anilines is 2. The molecule has 0 spiro atoms. The molecule has 0 saturated heterocycles. The van der Waals surface area contributed by atoms with Crippen LogP contribution in [0.25, 0.3) is 16.7 Å². The van der Waals surface area contributed by atoms with Crippen molar-refractivity contribution in [3.05, 3.63) is 48.8 Å². The van der Waals surface area contributed by atoms with Gasteiger partial charge in [0.25, 0.3) is 0 Å². The van der Waals surface area contributed by atoms with E-state index in [1.165, 1.54) is 28.1 Å². The quantitative estimate of drug-likeness (QED) is 0.516. The topological polar surface area (TPSA) is 12.0 Å². The normalized spacial score (nSPS) is 13.0. The summed E-state index contributed by atoms with van der Waals surface area (Å²) in [7, 11) is 2.14. The number of hydrogen-bond acceptors (Lipinski definition) is 1. The van der Waals surface area contributed by atoms with Crippen LogP contribution in [0.15, 0.2) is 42.5 Å². The van der Waals surface area contributed by atoms with Gasteiger partial charge in [0.2, 0.25) is 6.33 Å². The van der Waals surface area contributed by atoms with Crippen molar-refractivity contribution in [3.63, 3.8) is 0 Å². The zero-order valence-electron chi connectivity index (χ0n) is 12.7. The highest BCUT2D eigenvalue weighted by Crippen LogP contribution is 2.36. The molecule has 1 aliphatic heterocycles. The lowest BCUT2D eigenvalue weighted by atomic mass is 10.1. The molecule has 0 amide bonds. The van der Waals surface area contributed by atoms with Crippen LogP contribution in [0.5, 0.6) is 0 Å². The molecule has 0 unspecified atom stereocenters. The molecule has 0 fully saturated rings. The molecule has 3 aromatic rings.